The van der Waals surface area contributed by atoms with Gasteiger partial charge in [0.05, 0.1) is 0 Å². The SMILES string of the molecule is NC1CC(=C(F)F)C1. The molecule has 0 spiro atoms. The number of rotatable bonds is 0. The van der Waals surface area contributed by atoms with E-state index in [1.165, 1.54) is 0 Å². The minimum absolute atomic E-state index is 0.00787. The molecule has 0 atom stereocenters. The van der Waals surface area contributed by atoms with Gasteiger partial charge < -0.3 is 5.73 Å². The Morgan fingerprint density at radius 2 is 2.00 bits per heavy atom. The van der Waals surface area contributed by atoms with Gasteiger partial charge in [-0.3, -0.25) is 0 Å². The quantitative estimate of drug-likeness (QED) is 0.510. The van der Waals surface area contributed by atoms with Gasteiger partial charge in [0.2, 0.25) is 0 Å². The summed E-state index contributed by atoms with van der Waals surface area (Å²) in [7, 11) is 0. The molecule has 2 N–H and O–H groups in total. The molecule has 0 aromatic rings. The summed E-state index contributed by atoms with van der Waals surface area (Å²) in [5.41, 5.74) is 5.47. The summed E-state index contributed by atoms with van der Waals surface area (Å²) >= 11 is 0. The fraction of sp³-hybridized carbons (Fsp3) is 0.600. The van der Waals surface area contributed by atoms with Gasteiger partial charge >= 0.3 is 0 Å². The maximum Gasteiger partial charge on any atom is 0.269 e. The van der Waals surface area contributed by atoms with Gasteiger partial charge in [-0.15, -0.1) is 0 Å². The molecule has 1 rings (SSSR count). The lowest BCUT2D eigenvalue weighted by molar-refractivity contribution is 0.375. The summed E-state index contributed by atoms with van der Waals surface area (Å²) < 4.78 is 23.0. The Morgan fingerprint density at radius 3 is 2.12 bits per heavy atom. The molecule has 1 fully saturated rings. The van der Waals surface area contributed by atoms with Crippen molar-refractivity contribution in [3.05, 3.63) is 11.7 Å². The average molecular weight is 119 g/mol. The first-order valence-corrected chi connectivity index (χ1v) is 2.48. The number of hydrogen-bond donors (Lipinski definition) is 1. The average Bonchev–Trinajstić information content (AvgIpc) is 1.57. The van der Waals surface area contributed by atoms with Crippen molar-refractivity contribution in [2.75, 3.05) is 0 Å². The third-order valence-electron chi connectivity index (χ3n) is 1.28. The van der Waals surface area contributed by atoms with Crippen LogP contribution in [0.25, 0.3) is 0 Å². The van der Waals surface area contributed by atoms with Gasteiger partial charge in [0, 0.05) is 6.04 Å². The number of nitrogens with two attached hydrogens (primary N) is 1. The largest absolute Gasteiger partial charge is 0.327 e. The van der Waals surface area contributed by atoms with Crippen molar-refractivity contribution in [3.8, 4) is 0 Å². The van der Waals surface area contributed by atoms with Gasteiger partial charge in [-0.25, -0.2) is 0 Å². The molecule has 0 aromatic heterocycles. The lowest BCUT2D eigenvalue weighted by Crippen LogP contribution is -2.30. The van der Waals surface area contributed by atoms with E-state index in [2.05, 4.69) is 0 Å². The molecule has 0 radical (unpaired) electrons. The van der Waals surface area contributed by atoms with Crippen LogP contribution in [0.4, 0.5) is 8.78 Å². The summed E-state index contributed by atoms with van der Waals surface area (Å²) in [5, 5.41) is 0. The van der Waals surface area contributed by atoms with Crippen molar-refractivity contribution in [2.24, 2.45) is 5.73 Å². The molecule has 0 aliphatic heterocycles. The summed E-state index contributed by atoms with van der Waals surface area (Å²) in [6, 6.07) is -0.00787. The second kappa shape index (κ2) is 1.82. The molecule has 8 heavy (non-hydrogen) atoms. The highest BCUT2D eigenvalue weighted by molar-refractivity contribution is 5.15. The van der Waals surface area contributed by atoms with Gasteiger partial charge in [-0.05, 0) is 18.4 Å². The second-order valence-corrected chi connectivity index (χ2v) is 2.03. The number of hydrogen-bond acceptors (Lipinski definition) is 1. The van der Waals surface area contributed by atoms with E-state index in [0.29, 0.717) is 12.8 Å². The van der Waals surface area contributed by atoms with Gasteiger partial charge in [-0.2, -0.15) is 8.78 Å². The Balaban J connectivity index is 2.45. The Bertz CT molecular complexity index is 118. The smallest absolute Gasteiger partial charge is 0.269 e. The van der Waals surface area contributed by atoms with Gasteiger partial charge in [-0.1, -0.05) is 0 Å². The molecule has 0 saturated heterocycles. The highest BCUT2D eigenvalue weighted by atomic mass is 19.3. The highest BCUT2D eigenvalue weighted by Crippen LogP contribution is 2.28. The molecular weight excluding hydrogens is 112 g/mol. The first kappa shape index (κ1) is 5.69. The topological polar surface area (TPSA) is 26.0 Å². The summed E-state index contributed by atoms with van der Waals surface area (Å²) in [4.78, 5) is 0. The third-order valence-corrected chi connectivity index (χ3v) is 1.28. The van der Waals surface area contributed by atoms with Crippen LogP contribution in [0.3, 0.4) is 0 Å². The van der Waals surface area contributed by atoms with Gasteiger partial charge in [0.15, 0.2) is 0 Å². The highest BCUT2D eigenvalue weighted by Gasteiger charge is 2.22. The Hall–Kier alpha value is -0.440. The van der Waals surface area contributed by atoms with Crippen LogP contribution >= 0.6 is 0 Å². The normalized spacial score (nSPS) is 27.4. The van der Waals surface area contributed by atoms with E-state index in [0.717, 1.165) is 0 Å². The molecule has 1 nitrogen and oxygen atoms in total. The van der Waals surface area contributed by atoms with E-state index in [9.17, 15) is 8.78 Å². The fourth-order valence-electron chi connectivity index (χ4n) is 0.727. The molecular formula is C5H7F2N. The van der Waals surface area contributed by atoms with Crippen molar-refractivity contribution in [1.29, 1.82) is 0 Å². The summed E-state index contributed by atoms with van der Waals surface area (Å²) in [5.74, 6) is 0. The molecule has 0 bridgehead atoms. The van der Waals surface area contributed by atoms with Crippen LogP contribution in [0.2, 0.25) is 0 Å². The molecule has 1 aliphatic carbocycles. The standard InChI is InChI=1S/C5H7F2N/c6-5(7)3-1-4(8)2-3/h4H,1-2,8H2. The first-order chi connectivity index (χ1) is 3.70. The van der Waals surface area contributed by atoms with Gasteiger partial charge in [0.25, 0.3) is 6.08 Å². The fourth-order valence-corrected chi connectivity index (χ4v) is 0.727. The second-order valence-electron chi connectivity index (χ2n) is 2.03. The Morgan fingerprint density at radius 1 is 1.50 bits per heavy atom. The Kier molecular flexibility index (Phi) is 1.29. The lowest BCUT2D eigenvalue weighted by atomic mass is 9.88. The monoisotopic (exact) mass is 119 g/mol. The van der Waals surface area contributed by atoms with Crippen molar-refractivity contribution in [3.63, 3.8) is 0 Å². The van der Waals surface area contributed by atoms with Crippen molar-refractivity contribution in [1.82, 2.24) is 0 Å². The van der Waals surface area contributed by atoms with E-state index in [1.54, 1.807) is 0 Å². The molecule has 3 heteroatoms. The summed E-state index contributed by atoms with van der Waals surface area (Å²) in [6.07, 6.45) is -0.753. The summed E-state index contributed by atoms with van der Waals surface area (Å²) in [6.45, 7) is 0. The lowest BCUT2D eigenvalue weighted by Gasteiger charge is -2.23. The minimum Gasteiger partial charge on any atom is -0.327 e. The van der Waals surface area contributed by atoms with Crippen molar-refractivity contribution in [2.45, 2.75) is 18.9 Å². The van der Waals surface area contributed by atoms with Crippen LogP contribution in [-0.2, 0) is 0 Å². The van der Waals surface area contributed by atoms with Crippen LogP contribution in [-0.4, -0.2) is 6.04 Å². The maximum absolute atomic E-state index is 11.5. The predicted octanol–water partition coefficient (Wildman–Crippen LogP) is 1.26. The maximum atomic E-state index is 11.5. The minimum atomic E-state index is -1.54. The van der Waals surface area contributed by atoms with Crippen LogP contribution in [0.1, 0.15) is 12.8 Å². The Labute approximate surface area is 46.2 Å². The zero-order valence-electron chi connectivity index (χ0n) is 4.32. The van der Waals surface area contributed by atoms with E-state index < -0.39 is 6.08 Å². The van der Waals surface area contributed by atoms with Crippen molar-refractivity contribution >= 4 is 0 Å². The van der Waals surface area contributed by atoms with E-state index in [4.69, 9.17) is 5.73 Å². The van der Waals surface area contributed by atoms with Crippen LogP contribution in [0, 0.1) is 0 Å². The molecule has 1 saturated carbocycles. The van der Waals surface area contributed by atoms with Crippen LogP contribution in [0.15, 0.2) is 11.7 Å². The number of halogens is 2. The molecule has 0 heterocycles. The predicted molar refractivity (Wildman–Crippen MR) is 26.5 cm³/mol. The first-order valence-electron chi connectivity index (χ1n) is 2.48. The zero-order chi connectivity index (χ0) is 6.15. The zero-order valence-corrected chi connectivity index (χ0v) is 4.32. The molecule has 0 amide bonds. The molecule has 0 unspecified atom stereocenters. The molecule has 0 aromatic carbocycles. The van der Waals surface area contributed by atoms with E-state index >= 15 is 0 Å². The van der Waals surface area contributed by atoms with Crippen LogP contribution < -0.4 is 5.73 Å². The van der Waals surface area contributed by atoms with Gasteiger partial charge in [0.1, 0.15) is 0 Å². The molecule has 46 valence electrons. The molecule has 1 aliphatic rings. The third kappa shape index (κ3) is 0.865. The van der Waals surface area contributed by atoms with Crippen LogP contribution in [0.5, 0.6) is 0 Å². The van der Waals surface area contributed by atoms with E-state index in [1.807, 2.05) is 0 Å². The van der Waals surface area contributed by atoms with E-state index in [-0.39, 0.29) is 11.6 Å². The van der Waals surface area contributed by atoms with Crippen molar-refractivity contribution < 1.29 is 8.78 Å².